The number of para-hydroxylation sites is 1. The maximum Gasteiger partial charge on any atom is 0.277 e. The predicted octanol–water partition coefficient (Wildman–Crippen LogP) is 4.81. The molecule has 0 fully saturated rings. The number of hydrogen-bond donors (Lipinski definition) is 1. The molecule has 0 saturated heterocycles. The standard InChI is InChI=1S/C21H23N3O3S/c1-14(2)17-9-4-5-10-18(17)22-19(25)13-28-21-24-23-20(27-21)12-26-16-8-6-7-15(3)11-16/h4-11,14H,12-13H2,1-3H3,(H,22,25). The summed E-state index contributed by atoms with van der Waals surface area (Å²) in [4.78, 5) is 12.3. The lowest BCUT2D eigenvalue weighted by molar-refractivity contribution is -0.113. The normalized spacial score (nSPS) is 10.9. The van der Waals surface area contributed by atoms with Crippen molar-refractivity contribution in [1.29, 1.82) is 0 Å². The van der Waals surface area contributed by atoms with Gasteiger partial charge in [0.05, 0.1) is 5.75 Å². The Kier molecular flexibility index (Phi) is 6.71. The van der Waals surface area contributed by atoms with Crippen LogP contribution in [0.25, 0.3) is 0 Å². The van der Waals surface area contributed by atoms with Crippen molar-refractivity contribution in [2.45, 2.75) is 38.5 Å². The van der Waals surface area contributed by atoms with Crippen LogP contribution in [0.2, 0.25) is 0 Å². The van der Waals surface area contributed by atoms with E-state index in [1.165, 1.54) is 11.8 Å². The predicted molar refractivity (Wildman–Crippen MR) is 110 cm³/mol. The topological polar surface area (TPSA) is 77.2 Å². The van der Waals surface area contributed by atoms with Crippen molar-refractivity contribution in [3.63, 3.8) is 0 Å². The van der Waals surface area contributed by atoms with Crippen LogP contribution in [0.1, 0.15) is 36.8 Å². The van der Waals surface area contributed by atoms with Gasteiger partial charge in [0.25, 0.3) is 11.1 Å². The Morgan fingerprint density at radius 3 is 2.79 bits per heavy atom. The van der Waals surface area contributed by atoms with Gasteiger partial charge in [-0.05, 0) is 42.2 Å². The number of hydrogen-bond acceptors (Lipinski definition) is 6. The zero-order valence-corrected chi connectivity index (χ0v) is 17.0. The van der Waals surface area contributed by atoms with E-state index in [1.54, 1.807) is 0 Å². The molecule has 0 bridgehead atoms. The Balaban J connectivity index is 1.49. The van der Waals surface area contributed by atoms with E-state index in [9.17, 15) is 4.79 Å². The Labute approximate surface area is 168 Å². The number of amides is 1. The second-order valence-electron chi connectivity index (χ2n) is 6.65. The number of benzene rings is 2. The zero-order chi connectivity index (χ0) is 19.9. The van der Waals surface area contributed by atoms with E-state index in [2.05, 4.69) is 29.4 Å². The second-order valence-corrected chi connectivity index (χ2v) is 7.57. The van der Waals surface area contributed by atoms with Crippen LogP contribution in [-0.4, -0.2) is 21.9 Å². The van der Waals surface area contributed by atoms with Gasteiger partial charge in [-0.3, -0.25) is 4.79 Å². The number of carbonyl (C=O) groups excluding carboxylic acids is 1. The molecule has 0 spiro atoms. The molecule has 0 saturated carbocycles. The zero-order valence-electron chi connectivity index (χ0n) is 16.1. The fourth-order valence-electron chi connectivity index (χ4n) is 2.63. The lowest BCUT2D eigenvalue weighted by Crippen LogP contribution is -2.15. The number of nitrogens with zero attached hydrogens (tertiary/aromatic N) is 2. The molecule has 0 atom stereocenters. The maximum absolute atomic E-state index is 12.3. The summed E-state index contributed by atoms with van der Waals surface area (Å²) in [5.41, 5.74) is 3.06. The first-order chi connectivity index (χ1) is 13.5. The lowest BCUT2D eigenvalue weighted by Gasteiger charge is -2.13. The molecular weight excluding hydrogens is 374 g/mol. The summed E-state index contributed by atoms with van der Waals surface area (Å²) in [6.07, 6.45) is 0. The van der Waals surface area contributed by atoms with Crippen LogP contribution in [0.4, 0.5) is 5.69 Å². The molecule has 0 aliphatic rings. The molecule has 0 radical (unpaired) electrons. The van der Waals surface area contributed by atoms with Gasteiger partial charge in [-0.15, -0.1) is 10.2 Å². The molecule has 6 nitrogen and oxygen atoms in total. The minimum Gasteiger partial charge on any atom is -0.484 e. The lowest BCUT2D eigenvalue weighted by atomic mass is 10.0. The highest BCUT2D eigenvalue weighted by molar-refractivity contribution is 7.99. The summed E-state index contributed by atoms with van der Waals surface area (Å²) < 4.78 is 11.2. The number of aromatic nitrogens is 2. The first-order valence-electron chi connectivity index (χ1n) is 9.04. The van der Waals surface area contributed by atoms with E-state index < -0.39 is 0 Å². The van der Waals surface area contributed by atoms with Crippen molar-refractivity contribution in [2.24, 2.45) is 0 Å². The van der Waals surface area contributed by atoms with Crippen molar-refractivity contribution in [2.75, 3.05) is 11.1 Å². The molecule has 3 rings (SSSR count). The SMILES string of the molecule is Cc1cccc(OCc2nnc(SCC(=O)Nc3ccccc3C(C)C)o2)c1. The Bertz CT molecular complexity index is 940. The summed E-state index contributed by atoms with van der Waals surface area (Å²) in [6.45, 7) is 6.38. The smallest absolute Gasteiger partial charge is 0.277 e. The highest BCUT2D eigenvalue weighted by atomic mass is 32.2. The number of aryl methyl sites for hydroxylation is 1. The minimum absolute atomic E-state index is 0.117. The van der Waals surface area contributed by atoms with Crippen molar-refractivity contribution >= 4 is 23.4 Å². The molecular formula is C21H23N3O3S. The number of rotatable bonds is 8. The van der Waals surface area contributed by atoms with Crippen molar-refractivity contribution in [3.8, 4) is 5.75 Å². The molecule has 3 aromatic rings. The summed E-state index contributed by atoms with van der Waals surface area (Å²) in [5.74, 6) is 1.52. The molecule has 28 heavy (non-hydrogen) atoms. The Morgan fingerprint density at radius 1 is 1.18 bits per heavy atom. The van der Waals surface area contributed by atoms with Crippen molar-refractivity contribution in [3.05, 3.63) is 65.5 Å². The van der Waals surface area contributed by atoms with Crippen molar-refractivity contribution < 1.29 is 13.9 Å². The number of ether oxygens (including phenoxy) is 1. The van der Waals surface area contributed by atoms with Gasteiger partial charge in [-0.1, -0.05) is 55.9 Å². The van der Waals surface area contributed by atoms with Crippen molar-refractivity contribution in [1.82, 2.24) is 10.2 Å². The first kappa shape index (κ1) is 19.9. The van der Waals surface area contributed by atoms with Gasteiger partial charge in [0, 0.05) is 5.69 Å². The van der Waals surface area contributed by atoms with Crippen LogP contribution in [0.5, 0.6) is 5.75 Å². The van der Waals surface area contributed by atoms with E-state index >= 15 is 0 Å². The molecule has 1 amide bonds. The third kappa shape index (κ3) is 5.60. The molecule has 1 heterocycles. The Morgan fingerprint density at radius 2 is 2.00 bits per heavy atom. The second kappa shape index (κ2) is 9.41. The van der Waals surface area contributed by atoms with Gasteiger partial charge in [0.15, 0.2) is 6.61 Å². The third-order valence-corrected chi connectivity index (χ3v) is 4.80. The van der Waals surface area contributed by atoms with Gasteiger partial charge in [-0.25, -0.2) is 0 Å². The first-order valence-corrected chi connectivity index (χ1v) is 10.0. The maximum atomic E-state index is 12.3. The fraction of sp³-hybridized carbons (Fsp3) is 0.286. The van der Waals surface area contributed by atoms with Crippen LogP contribution in [0, 0.1) is 6.92 Å². The van der Waals surface area contributed by atoms with Gasteiger partial charge in [0.2, 0.25) is 5.91 Å². The number of nitrogens with one attached hydrogen (secondary N) is 1. The van der Waals surface area contributed by atoms with Gasteiger partial charge in [-0.2, -0.15) is 0 Å². The third-order valence-electron chi connectivity index (χ3n) is 3.98. The largest absolute Gasteiger partial charge is 0.484 e. The molecule has 2 aromatic carbocycles. The van der Waals surface area contributed by atoms with Crippen LogP contribution in [0.15, 0.2) is 58.2 Å². The minimum atomic E-state index is -0.117. The number of carbonyl (C=O) groups is 1. The van der Waals surface area contributed by atoms with E-state index in [0.29, 0.717) is 17.0 Å². The van der Waals surface area contributed by atoms with Crippen LogP contribution in [-0.2, 0) is 11.4 Å². The fourth-order valence-corrected chi connectivity index (χ4v) is 3.21. The van der Waals surface area contributed by atoms with Crippen LogP contribution < -0.4 is 10.1 Å². The molecule has 7 heteroatoms. The van der Waals surface area contributed by atoms with E-state index in [4.69, 9.17) is 9.15 Å². The molecule has 1 aromatic heterocycles. The van der Waals surface area contributed by atoms with Crippen LogP contribution >= 0.6 is 11.8 Å². The number of anilines is 1. The number of thioether (sulfide) groups is 1. The van der Waals surface area contributed by atoms with E-state index in [-0.39, 0.29) is 18.3 Å². The Hall–Kier alpha value is -2.80. The average Bonchev–Trinajstić information content (AvgIpc) is 3.13. The highest BCUT2D eigenvalue weighted by Gasteiger charge is 2.12. The summed E-state index contributed by atoms with van der Waals surface area (Å²) in [5, 5.41) is 11.2. The molecule has 0 aliphatic carbocycles. The molecule has 0 aliphatic heterocycles. The van der Waals surface area contributed by atoms with Crippen LogP contribution in [0.3, 0.4) is 0 Å². The van der Waals surface area contributed by atoms with Gasteiger partial charge < -0.3 is 14.5 Å². The highest BCUT2D eigenvalue weighted by Crippen LogP contribution is 2.24. The van der Waals surface area contributed by atoms with E-state index in [1.807, 2.05) is 55.5 Å². The summed E-state index contributed by atoms with van der Waals surface area (Å²) >= 11 is 1.20. The quantitative estimate of drug-likeness (QED) is 0.550. The molecule has 1 N–H and O–H groups in total. The molecule has 146 valence electrons. The summed E-state index contributed by atoms with van der Waals surface area (Å²) in [7, 11) is 0. The summed E-state index contributed by atoms with van der Waals surface area (Å²) in [6, 6.07) is 15.5. The monoisotopic (exact) mass is 397 g/mol. The van der Waals surface area contributed by atoms with Gasteiger partial charge >= 0.3 is 0 Å². The van der Waals surface area contributed by atoms with E-state index in [0.717, 1.165) is 22.6 Å². The molecule has 0 unspecified atom stereocenters. The average molecular weight is 398 g/mol. The van der Waals surface area contributed by atoms with Gasteiger partial charge in [0.1, 0.15) is 5.75 Å².